The average molecular weight is 481 g/mol. The molecular formula is C28H24N4O4. The summed E-state index contributed by atoms with van der Waals surface area (Å²) in [5, 5.41) is 8.70. The number of hydrogen-bond donors (Lipinski definition) is 2. The van der Waals surface area contributed by atoms with E-state index < -0.39 is 5.91 Å². The Kier molecular flexibility index (Phi) is 6.48. The number of ether oxygens (including phenoxy) is 1. The highest BCUT2D eigenvalue weighted by Crippen LogP contribution is 2.24. The van der Waals surface area contributed by atoms with Crippen molar-refractivity contribution in [3.05, 3.63) is 96.4 Å². The maximum atomic E-state index is 12.6. The second kappa shape index (κ2) is 10.2. The Morgan fingerprint density at radius 2 is 1.83 bits per heavy atom. The number of fused-ring (bicyclic) bond motifs is 2. The van der Waals surface area contributed by atoms with Crippen molar-refractivity contribution in [3.8, 4) is 5.75 Å². The van der Waals surface area contributed by atoms with Gasteiger partial charge in [-0.3, -0.25) is 9.59 Å². The molecule has 2 aromatic heterocycles. The first-order chi connectivity index (χ1) is 17.6. The number of para-hydroxylation sites is 2. The van der Waals surface area contributed by atoms with Gasteiger partial charge in [0.1, 0.15) is 17.9 Å². The van der Waals surface area contributed by atoms with Crippen molar-refractivity contribution in [2.24, 2.45) is 5.10 Å². The number of hydrazone groups is 1. The van der Waals surface area contributed by atoms with Gasteiger partial charge in [-0.15, -0.1) is 0 Å². The first kappa shape index (κ1) is 22.9. The number of rotatable bonds is 8. The van der Waals surface area contributed by atoms with Crippen molar-refractivity contribution in [3.63, 3.8) is 0 Å². The zero-order chi connectivity index (χ0) is 24.9. The number of nitrogens with one attached hydrogen (secondary N) is 2. The standard InChI is InChI=1S/C28H24N4O4/c1-2-35-22-12-13-25-19(14-22)15-26(36-25)28(34)31-29-16-20-17-32(24-11-7-6-10-23(20)24)18-27(33)30-21-8-4-3-5-9-21/h3-17H,2,18H2,1H3,(H,30,33)(H,31,34)/b29-16+. The summed E-state index contributed by atoms with van der Waals surface area (Å²) in [7, 11) is 0. The van der Waals surface area contributed by atoms with Gasteiger partial charge in [0, 0.05) is 33.7 Å². The second-order valence-corrected chi connectivity index (χ2v) is 8.09. The summed E-state index contributed by atoms with van der Waals surface area (Å²) >= 11 is 0. The number of hydrogen-bond acceptors (Lipinski definition) is 5. The number of nitrogens with zero attached hydrogens (tertiary/aromatic N) is 2. The van der Waals surface area contributed by atoms with Crippen LogP contribution in [-0.2, 0) is 11.3 Å². The molecule has 8 heteroatoms. The summed E-state index contributed by atoms with van der Waals surface area (Å²) in [6, 6.07) is 24.1. The molecule has 0 aliphatic rings. The minimum Gasteiger partial charge on any atom is -0.494 e. The number of anilines is 1. The van der Waals surface area contributed by atoms with E-state index >= 15 is 0 Å². The van der Waals surface area contributed by atoms with Gasteiger partial charge in [-0.2, -0.15) is 5.10 Å². The molecule has 0 unspecified atom stereocenters. The average Bonchev–Trinajstić information content (AvgIpc) is 3.46. The van der Waals surface area contributed by atoms with E-state index in [-0.39, 0.29) is 18.2 Å². The highest BCUT2D eigenvalue weighted by molar-refractivity contribution is 6.01. The van der Waals surface area contributed by atoms with Crippen molar-refractivity contribution in [1.82, 2.24) is 9.99 Å². The molecule has 0 atom stereocenters. The van der Waals surface area contributed by atoms with Crippen molar-refractivity contribution in [2.45, 2.75) is 13.5 Å². The van der Waals surface area contributed by atoms with Gasteiger partial charge in [-0.05, 0) is 49.4 Å². The number of carbonyl (C=O) groups excluding carboxylic acids is 2. The monoisotopic (exact) mass is 480 g/mol. The van der Waals surface area contributed by atoms with Crippen LogP contribution in [-0.4, -0.2) is 29.2 Å². The van der Waals surface area contributed by atoms with Gasteiger partial charge in [-0.25, -0.2) is 5.43 Å². The molecule has 2 N–H and O–H groups in total. The highest BCUT2D eigenvalue weighted by Gasteiger charge is 2.13. The maximum Gasteiger partial charge on any atom is 0.307 e. The third kappa shape index (κ3) is 4.97. The van der Waals surface area contributed by atoms with Crippen molar-refractivity contribution >= 4 is 45.6 Å². The molecule has 2 heterocycles. The predicted molar refractivity (Wildman–Crippen MR) is 139 cm³/mol. The molecule has 0 spiro atoms. The molecule has 0 radical (unpaired) electrons. The molecule has 5 aromatic rings. The van der Waals surface area contributed by atoms with Crippen LogP contribution in [0.1, 0.15) is 23.0 Å². The quantitative estimate of drug-likeness (QED) is 0.236. The summed E-state index contributed by atoms with van der Waals surface area (Å²) in [5.74, 6) is 0.253. The molecule has 0 saturated carbocycles. The molecule has 2 amide bonds. The fraction of sp³-hybridized carbons (Fsp3) is 0.107. The van der Waals surface area contributed by atoms with Gasteiger partial charge in [0.15, 0.2) is 5.76 Å². The lowest BCUT2D eigenvalue weighted by Crippen LogP contribution is -2.18. The lowest BCUT2D eigenvalue weighted by Gasteiger charge is -2.07. The lowest BCUT2D eigenvalue weighted by atomic mass is 10.2. The van der Waals surface area contributed by atoms with E-state index in [1.165, 1.54) is 0 Å². The molecule has 0 aliphatic heterocycles. The largest absolute Gasteiger partial charge is 0.494 e. The number of aromatic nitrogens is 1. The molecule has 8 nitrogen and oxygen atoms in total. The van der Waals surface area contributed by atoms with Gasteiger partial charge in [0.05, 0.1) is 12.8 Å². The van der Waals surface area contributed by atoms with E-state index in [0.717, 1.165) is 27.5 Å². The normalized spacial score (nSPS) is 11.2. The SMILES string of the molecule is CCOc1ccc2oc(C(=O)N/N=C/c3cn(CC(=O)Nc4ccccc4)c4ccccc34)cc2c1. The molecule has 36 heavy (non-hydrogen) atoms. The van der Waals surface area contributed by atoms with Crippen molar-refractivity contribution in [1.29, 1.82) is 0 Å². The molecular weight excluding hydrogens is 456 g/mol. The predicted octanol–water partition coefficient (Wildman–Crippen LogP) is 5.19. The van der Waals surface area contributed by atoms with Crippen LogP contribution in [0.15, 0.2) is 94.6 Å². The fourth-order valence-corrected chi connectivity index (χ4v) is 3.99. The zero-order valence-electron chi connectivity index (χ0n) is 19.6. The van der Waals surface area contributed by atoms with Crippen LogP contribution in [0.5, 0.6) is 5.75 Å². The maximum absolute atomic E-state index is 12.6. The van der Waals surface area contributed by atoms with E-state index in [1.54, 1.807) is 24.4 Å². The summed E-state index contributed by atoms with van der Waals surface area (Å²) < 4.78 is 13.0. The number of benzene rings is 3. The van der Waals surface area contributed by atoms with E-state index in [0.29, 0.717) is 17.9 Å². The Hall–Kier alpha value is -4.85. The summed E-state index contributed by atoms with van der Waals surface area (Å²) in [4.78, 5) is 25.2. The Morgan fingerprint density at radius 3 is 2.67 bits per heavy atom. The van der Waals surface area contributed by atoms with Crippen LogP contribution >= 0.6 is 0 Å². The molecule has 180 valence electrons. The van der Waals surface area contributed by atoms with Crippen molar-refractivity contribution < 1.29 is 18.7 Å². The molecule has 5 rings (SSSR count). The topological polar surface area (TPSA) is 97.9 Å². The third-order valence-corrected chi connectivity index (χ3v) is 5.58. The summed E-state index contributed by atoms with van der Waals surface area (Å²) in [6.07, 6.45) is 3.39. The van der Waals surface area contributed by atoms with E-state index in [4.69, 9.17) is 9.15 Å². The number of carbonyl (C=O) groups is 2. The van der Waals surface area contributed by atoms with Gasteiger partial charge in [-0.1, -0.05) is 36.4 Å². The Morgan fingerprint density at radius 1 is 1.03 bits per heavy atom. The first-order valence-electron chi connectivity index (χ1n) is 11.5. The minimum atomic E-state index is -0.466. The van der Waals surface area contributed by atoms with Crippen LogP contribution in [0.2, 0.25) is 0 Å². The zero-order valence-corrected chi connectivity index (χ0v) is 19.6. The first-order valence-corrected chi connectivity index (χ1v) is 11.5. The second-order valence-electron chi connectivity index (χ2n) is 8.09. The Balaban J connectivity index is 1.30. The number of amides is 2. The smallest absolute Gasteiger partial charge is 0.307 e. The highest BCUT2D eigenvalue weighted by atomic mass is 16.5. The lowest BCUT2D eigenvalue weighted by molar-refractivity contribution is -0.116. The Bertz CT molecular complexity index is 1570. The molecule has 0 fully saturated rings. The van der Waals surface area contributed by atoms with Crippen LogP contribution < -0.4 is 15.5 Å². The van der Waals surface area contributed by atoms with Gasteiger partial charge in [0.2, 0.25) is 5.91 Å². The molecule has 3 aromatic carbocycles. The molecule has 0 aliphatic carbocycles. The van der Waals surface area contributed by atoms with Gasteiger partial charge in [0.25, 0.3) is 0 Å². The van der Waals surface area contributed by atoms with Gasteiger partial charge < -0.3 is 19.0 Å². The Labute approximate surface area is 207 Å². The van der Waals surface area contributed by atoms with Crippen LogP contribution in [0.4, 0.5) is 5.69 Å². The minimum absolute atomic E-state index is 0.137. The van der Waals surface area contributed by atoms with Gasteiger partial charge >= 0.3 is 5.91 Å². The van der Waals surface area contributed by atoms with Crippen LogP contribution in [0.3, 0.4) is 0 Å². The summed E-state index contributed by atoms with van der Waals surface area (Å²) in [5.41, 5.74) is 5.49. The molecule has 0 bridgehead atoms. The fourth-order valence-electron chi connectivity index (χ4n) is 3.99. The van der Waals surface area contributed by atoms with E-state index in [1.807, 2.05) is 78.4 Å². The van der Waals surface area contributed by atoms with Crippen LogP contribution in [0.25, 0.3) is 21.9 Å². The van der Waals surface area contributed by atoms with E-state index in [9.17, 15) is 9.59 Å². The van der Waals surface area contributed by atoms with Crippen LogP contribution in [0, 0.1) is 0 Å². The van der Waals surface area contributed by atoms with Crippen molar-refractivity contribution in [2.75, 3.05) is 11.9 Å². The molecule has 0 saturated heterocycles. The summed E-state index contributed by atoms with van der Waals surface area (Å²) in [6.45, 7) is 2.60. The third-order valence-electron chi connectivity index (χ3n) is 5.58. The number of furan rings is 1. The van der Waals surface area contributed by atoms with E-state index in [2.05, 4.69) is 15.8 Å².